The molecular weight excluding hydrogens is 390 g/mol. The molecule has 0 fully saturated rings. The number of nitrogens with one attached hydrogen (secondary N) is 1. The van der Waals surface area contributed by atoms with E-state index in [9.17, 15) is 14.7 Å². The molecular formula is C25H23N3O3. The largest absolute Gasteiger partial charge is 0.478 e. The van der Waals surface area contributed by atoms with Crippen LogP contribution in [-0.4, -0.2) is 26.4 Å². The summed E-state index contributed by atoms with van der Waals surface area (Å²) in [4.78, 5) is 29.0. The van der Waals surface area contributed by atoms with Gasteiger partial charge in [-0.15, -0.1) is 0 Å². The number of rotatable bonds is 5. The van der Waals surface area contributed by atoms with Crippen molar-refractivity contribution in [2.24, 2.45) is 0 Å². The maximum atomic E-state index is 12.9. The van der Waals surface area contributed by atoms with Crippen molar-refractivity contribution >= 4 is 23.2 Å². The van der Waals surface area contributed by atoms with Gasteiger partial charge in [-0.25, -0.2) is 9.78 Å². The Balaban J connectivity index is 1.73. The van der Waals surface area contributed by atoms with E-state index in [0.29, 0.717) is 5.69 Å². The molecule has 0 saturated carbocycles. The summed E-state index contributed by atoms with van der Waals surface area (Å²) in [6, 6.07) is 16.3. The number of hydrogen-bond donors (Lipinski definition) is 2. The fourth-order valence-corrected chi connectivity index (χ4v) is 3.63. The zero-order chi connectivity index (χ0) is 22.1. The molecule has 2 aromatic heterocycles. The molecule has 156 valence electrons. The Morgan fingerprint density at radius 3 is 2.52 bits per heavy atom. The molecule has 6 nitrogen and oxygen atoms in total. The van der Waals surface area contributed by atoms with Crippen LogP contribution in [-0.2, 0) is 11.2 Å². The van der Waals surface area contributed by atoms with E-state index in [1.807, 2.05) is 35.7 Å². The highest BCUT2D eigenvalue weighted by Crippen LogP contribution is 2.28. The van der Waals surface area contributed by atoms with Gasteiger partial charge >= 0.3 is 5.97 Å². The van der Waals surface area contributed by atoms with Crippen LogP contribution in [0.4, 0.5) is 5.69 Å². The quantitative estimate of drug-likeness (QED) is 0.492. The second kappa shape index (κ2) is 8.07. The first-order valence-corrected chi connectivity index (χ1v) is 10.0. The Hall–Kier alpha value is -3.93. The number of aromatic nitrogens is 2. The van der Waals surface area contributed by atoms with Crippen molar-refractivity contribution < 1.29 is 14.7 Å². The average Bonchev–Trinajstić information content (AvgIpc) is 3.10. The maximum absolute atomic E-state index is 12.9. The van der Waals surface area contributed by atoms with Crippen LogP contribution in [0.2, 0.25) is 0 Å². The Kier molecular flexibility index (Phi) is 5.29. The first-order valence-electron chi connectivity index (χ1n) is 10.0. The molecule has 2 N–H and O–H groups in total. The van der Waals surface area contributed by atoms with Crippen molar-refractivity contribution in [1.29, 1.82) is 0 Å². The molecule has 0 aliphatic heterocycles. The normalized spacial score (nSPS) is 10.9. The summed E-state index contributed by atoms with van der Waals surface area (Å²) >= 11 is 0. The molecule has 4 rings (SSSR count). The first kappa shape index (κ1) is 20.3. The molecule has 4 aromatic rings. The third-order valence-corrected chi connectivity index (χ3v) is 5.45. The molecule has 2 heterocycles. The number of hydrogen-bond acceptors (Lipinski definition) is 3. The van der Waals surface area contributed by atoms with E-state index in [0.717, 1.165) is 33.7 Å². The van der Waals surface area contributed by atoms with Crippen LogP contribution < -0.4 is 5.32 Å². The van der Waals surface area contributed by atoms with Crippen LogP contribution in [0.1, 0.15) is 32.7 Å². The highest BCUT2D eigenvalue weighted by molar-refractivity contribution is 5.95. The molecule has 0 radical (unpaired) electrons. The third kappa shape index (κ3) is 4.05. The SMILES string of the molecule is Cc1ccc(-c2nc3c(C)cccn3c2CC(=O)Nc2cccc(C(=O)O)c2)cc1C. The Bertz CT molecular complexity index is 1320. The third-order valence-electron chi connectivity index (χ3n) is 5.45. The average molecular weight is 413 g/mol. The van der Waals surface area contributed by atoms with E-state index < -0.39 is 5.97 Å². The smallest absolute Gasteiger partial charge is 0.335 e. The van der Waals surface area contributed by atoms with Crippen molar-refractivity contribution in [3.63, 3.8) is 0 Å². The Morgan fingerprint density at radius 1 is 0.968 bits per heavy atom. The first-order chi connectivity index (χ1) is 14.8. The number of carbonyl (C=O) groups excluding carboxylic acids is 1. The van der Waals surface area contributed by atoms with Crippen LogP contribution in [0, 0.1) is 20.8 Å². The second-order valence-electron chi connectivity index (χ2n) is 7.70. The van der Waals surface area contributed by atoms with Crippen LogP contribution in [0.15, 0.2) is 60.8 Å². The summed E-state index contributed by atoms with van der Waals surface area (Å²) in [5.41, 5.74) is 7.28. The van der Waals surface area contributed by atoms with Gasteiger partial charge in [0.15, 0.2) is 0 Å². The van der Waals surface area contributed by atoms with Gasteiger partial charge in [0.2, 0.25) is 5.91 Å². The number of imidazole rings is 1. The second-order valence-corrected chi connectivity index (χ2v) is 7.70. The number of aryl methyl sites for hydroxylation is 3. The number of anilines is 1. The number of fused-ring (bicyclic) bond motifs is 1. The summed E-state index contributed by atoms with van der Waals surface area (Å²) in [6.07, 6.45) is 2.01. The van der Waals surface area contributed by atoms with Gasteiger partial charge in [0.25, 0.3) is 0 Å². The molecule has 0 bridgehead atoms. The predicted octanol–water partition coefficient (Wildman–Crippen LogP) is 4.81. The molecule has 0 saturated heterocycles. The summed E-state index contributed by atoms with van der Waals surface area (Å²) < 4.78 is 1.95. The highest BCUT2D eigenvalue weighted by Gasteiger charge is 2.19. The monoisotopic (exact) mass is 413 g/mol. The lowest BCUT2D eigenvalue weighted by Gasteiger charge is -2.09. The number of nitrogens with zero attached hydrogens (tertiary/aromatic N) is 2. The van der Waals surface area contributed by atoms with Crippen LogP contribution in [0.5, 0.6) is 0 Å². The molecule has 0 aliphatic rings. The topological polar surface area (TPSA) is 83.7 Å². The van der Waals surface area contributed by atoms with E-state index in [1.54, 1.807) is 12.1 Å². The number of carbonyl (C=O) groups is 2. The lowest BCUT2D eigenvalue weighted by atomic mass is 10.0. The molecule has 31 heavy (non-hydrogen) atoms. The van der Waals surface area contributed by atoms with Crippen LogP contribution >= 0.6 is 0 Å². The van der Waals surface area contributed by atoms with Crippen molar-refractivity contribution in [3.8, 4) is 11.3 Å². The number of benzene rings is 2. The molecule has 0 unspecified atom stereocenters. The zero-order valence-electron chi connectivity index (χ0n) is 17.6. The van der Waals surface area contributed by atoms with Crippen molar-refractivity contribution in [3.05, 3.63) is 88.7 Å². The molecule has 0 aliphatic carbocycles. The van der Waals surface area contributed by atoms with Crippen LogP contribution in [0.3, 0.4) is 0 Å². The Morgan fingerprint density at radius 2 is 1.77 bits per heavy atom. The van der Waals surface area contributed by atoms with Crippen molar-refractivity contribution in [1.82, 2.24) is 9.38 Å². The minimum Gasteiger partial charge on any atom is -0.478 e. The molecule has 0 atom stereocenters. The highest BCUT2D eigenvalue weighted by atomic mass is 16.4. The van der Waals surface area contributed by atoms with Gasteiger partial charge in [-0.05, 0) is 67.8 Å². The fraction of sp³-hybridized carbons (Fsp3) is 0.160. The van der Waals surface area contributed by atoms with Gasteiger partial charge in [0.1, 0.15) is 5.65 Å². The van der Waals surface area contributed by atoms with E-state index in [4.69, 9.17) is 4.98 Å². The lowest BCUT2D eigenvalue weighted by Crippen LogP contribution is -2.16. The summed E-state index contributed by atoms with van der Waals surface area (Å²) in [5, 5.41) is 12.0. The van der Waals surface area contributed by atoms with E-state index >= 15 is 0 Å². The lowest BCUT2D eigenvalue weighted by molar-refractivity contribution is -0.115. The maximum Gasteiger partial charge on any atom is 0.335 e. The van der Waals surface area contributed by atoms with E-state index in [-0.39, 0.29) is 17.9 Å². The number of amides is 1. The van der Waals surface area contributed by atoms with Gasteiger partial charge in [0, 0.05) is 17.4 Å². The molecule has 2 aromatic carbocycles. The number of carboxylic acids is 1. The van der Waals surface area contributed by atoms with E-state index in [2.05, 4.69) is 31.3 Å². The molecule has 1 amide bonds. The minimum absolute atomic E-state index is 0.101. The van der Waals surface area contributed by atoms with Gasteiger partial charge in [-0.1, -0.05) is 24.3 Å². The van der Waals surface area contributed by atoms with E-state index in [1.165, 1.54) is 17.7 Å². The fourth-order valence-electron chi connectivity index (χ4n) is 3.63. The number of pyridine rings is 1. The van der Waals surface area contributed by atoms with Gasteiger partial charge in [-0.2, -0.15) is 0 Å². The number of aromatic carboxylic acids is 1. The van der Waals surface area contributed by atoms with Gasteiger partial charge in [0.05, 0.1) is 23.4 Å². The number of carboxylic acid groups (broad SMARTS) is 1. The van der Waals surface area contributed by atoms with Gasteiger partial charge in [-0.3, -0.25) is 4.79 Å². The molecule has 6 heteroatoms. The summed E-state index contributed by atoms with van der Waals surface area (Å²) in [7, 11) is 0. The zero-order valence-corrected chi connectivity index (χ0v) is 17.6. The minimum atomic E-state index is -1.04. The standard InChI is InChI=1S/C25H23N3O3/c1-15-9-10-18(12-17(15)3)23-21(28-11-5-6-16(2)24(28)27-23)14-22(29)26-20-8-4-7-19(13-20)25(30)31/h4-13H,14H2,1-3H3,(H,26,29)(H,30,31). The summed E-state index contributed by atoms with van der Waals surface area (Å²) in [6.45, 7) is 6.11. The summed E-state index contributed by atoms with van der Waals surface area (Å²) in [5.74, 6) is -1.28. The molecule has 0 spiro atoms. The van der Waals surface area contributed by atoms with Crippen molar-refractivity contribution in [2.45, 2.75) is 27.2 Å². The Labute approximate surface area is 180 Å². The van der Waals surface area contributed by atoms with Crippen molar-refractivity contribution in [2.75, 3.05) is 5.32 Å². The van der Waals surface area contributed by atoms with Crippen LogP contribution in [0.25, 0.3) is 16.9 Å². The predicted molar refractivity (Wildman–Crippen MR) is 121 cm³/mol. The van der Waals surface area contributed by atoms with Gasteiger partial charge < -0.3 is 14.8 Å².